The van der Waals surface area contributed by atoms with E-state index < -0.39 is 0 Å². The van der Waals surface area contributed by atoms with Gasteiger partial charge in [0.15, 0.2) is 0 Å². The molecule has 0 radical (unpaired) electrons. The Bertz CT molecular complexity index is 924. The smallest absolute Gasteiger partial charge is 0.319 e. The summed E-state index contributed by atoms with van der Waals surface area (Å²) in [4.78, 5) is 27.2. The molecule has 0 bridgehead atoms. The minimum Gasteiger partial charge on any atom is -0.349 e. The van der Waals surface area contributed by atoms with E-state index in [1.807, 2.05) is 25.1 Å². The maximum Gasteiger partial charge on any atom is 0.319 e. The Hall–Kier alpha value is -2.86. The number of rotatable bonds is 11. The first-order chi connectivity index (χ1) is 15.5. The molecule has 6 nitrogen and oxygen atoms in total. The first kappa shape index (κ1) is 23.8. The second kappa shape index (κ2) is 11.7. The Balaban J connectivity index is 1.54. The molecule has 2 aromatic carbocycles. The predicted molar refractivity (Wildman–Crippen MR) is 130 cm³/mol. The van der Waals surface area contributed by atoms with E-state index in [0.717, 1.165) is 43.6 Å². The SMILES string of the molecule is CCCCN(CC)Cc1cccc(CNC(=O)Nc2cc(C(=O)NC3CC3)ccc2C)c1. The Morgan fingerprint density at radius 2 is 1.84 bits per heavy atom. The van der Waals surface area contributed by atoms with Crippen molar-refractivity contribution in [2.24, 2.45) is 0 Å². The summed E-state index contributed by atoms with van der Waals surface area (Å²) in [6.45, 7) is 9.83. The van der Waals surface area contributed by atoms with E-state index in [1.165, 1.54) is 18.4 Å². The van der Waals surface area contributed by atoms with Gasteiger partial charge in [-0.2, -0.15) is 0 Å². The number of nitrogens with one attached hydrogen (secondary N) is 3. The van der Waals surface area contributed by atoms with Gasteiger partial charge in [-0.15, -0.1) is 0 Å². The number of carbonyl (C=O) groups is 2. The number of unbranched alkanes of at least 4 members (excludes halogenated alkanes) is 1. The van der Waals surface area contributed by atoms with E-state index in [0.29, 0.717) is 23.8 Å². The number of anilines is 1. The van der Waals surface area contributed by atoms with E-state index >= 15 is 0 Å². The van der Waals surface area contributed by atoms with E-state index in [9.17, 15) is 9.59 Å². The lowest BCUT2D eigenvalue weighted by Gasteiger charge is -2.20. The number of hydrogen-bond acceptors (Lipinski definition) is 3. The van der Waals surface area contributed by atoms with Crippen LogP contribution in [0.2, 0.25) is 0 Å². The van der Waals surface area contributed by atoms with Gasteiger partial charge >= 0.3 is 6.03 Å². The lowest BCUT2D eigenvalue weighted by atomic mass is 10.1. The maximum atomic E-state index is 12.5. The van der Waals surface area contributed by atoms with Crippen LogP contribution < -0.4 is 16.0 Å². The molecular formula is C26H36N4O2. The quantitative estimate of drug-likeness (QED) is 0.472. The van der Waals surface area contributed by atoms with Gasteiger partial charge in [-0.05, 0) is 68.1 Å². The molecule has 3 N–H and O–H groups in total. The zero-order valence-corrected chi connectivity index (χ0v) is 19.5. The van der Waals surface area contributed by atoms with Crippen LogP contribution >= 0.6 is 0 Å². The van der Waals surface area contributed by atoms with Crippen molar-refractivity contribution in [3.05, 3.63) is 64.7 Å². The summed E-state index contributed by atoms with van der Waals surface area (Å²) >= 11 is 0. The molecule has 2 aromatic rings. The van der Waals surface area contributed by atoms with Crippen molar-refractivity contribution < 1.29 is 9.59 Å². The normalized spacial score (nSPS) is 13.1. The summed E-state index contributed by atoms with van der Waals surface area (Å²) in [6.07, 6.45) is 4.49. The summed E-state index contributed by atoms with van der Waals surface area (Å²) < 4.78 is 0. The second-order valence-electron chi connectivity index (χ2n) is 8.63. The van der Waals surface area contributed by atoms with Crippen LogP contribution in [0.5, 0.6) is 0 Å². The van der Waals surface area contributed by atoms with Crippen LogP contribution in [0.3, 0.4) is 0 Å². The van der Waals surface area contributed by atoms with Gasteiger partial charge in [0.1, 0.15) is 0 Å². The average Bonchev–Trinajstić information content (AvgIpc) is 3.61. The van der Waals surface area contributed by atoms with Crippen molar-refractivity contribution in [2.75, 3.05) is 18.4 Å². The average molecular weight is 437 g/mol. The molecule has 172 valence electrons. The van der Waals surface area contributed by atoms with Crippen LogP contribution in [0.15, 0.2) is 42.5 Å². The van der Waals surface area contributed by atoms with Crippen LogP contribution in [0.4, 0.5) is 10.5 Å². The minimum absolute atomic E-state index is 0.0900. The molecule has 0 heterocycles. The third-order valence-electron chi connectivity index (χ3n) is 5.79. The fourth-order valence-corrected chi connectivity index (χ4v) is 3.57. The number of carbonyl (C=O) groups excluding carboxylic acids is 2. The van der Waals surface area contributed by atoms with Crippen LogP contribution in [0.25, 0.3) is 0 Å². The third kappa shape index (κ3) is 7.38. The van der Waals surface area contributed by atoms with Crippen molar-refractivity contribution >= 4 is 17.6 Å². The molecule has 0 aliphatic heterocycles. The highest BCUT2D eigenvalue weighted by atomic mass is 16.2. The third-order valence-corrected chi connectivity index (χ3v) is 5.79. The largest absolute Gasteiger partial charge is 0.349 e. The molecule has 3 amide bonds. The van der Waals surface area contributed by atoms with Gasteiger partial charge in [0, 0.05) is 30.4 Å². The molecule has 0 atom stereocenters. The summed E-state index contributed by atoms with van der Waals surface area (Å²) in [7, 11) is 0. The molecule has 6 heteroatoms. The van der Waals surface area contributed by atoms with Gasteiger partial charge in [-0.3, -0.25) is 9.69 Å². The van der Waals surface area contributed by atoms with Gasteiger partial charge in [0.2, 0.25) is 0 Å². The van der Waals surface area contributed by atoms with Crippen molar-refractivity contribution in [1.29, 1.82) is 0 Å². The van der Waals surface area contributed by atoms with Crippen LogP contribution in [0, 0.1) is 6.92 Å². The van der Waals surface area contributed by atoms with Crippen molar-refractivity contribution in [3.63, 3.8) is 0 Å². The van der Waals surface area contributed by atoms with Crippen LogP contribution in [-0.2, 0) is 13.1 Å². The number of aryl methyl sites for hydroxylation is 1. The Morgan fingerprint density at radius 3 is 2.56 bits per heavy atom. The number of nitrogens with zero attached hydrogens (tertiary/aromatic N) is 1. The maximum absolute atomic E-state index is 12.5. The number of amides is 3. The van der Waals surface area contributed by atoms with Gasteiger partial charge in [0.05, 0.1) is 0 Å². The monoisotopic (exact) mass is 436 g/mol. The van der Waals surface area contributed by atoms with Crippen molar-refractivity contribution in [3.8, 4) is 0 Å². The molecular weight excluding hydrogens is 400 g/mol. The number of benzene rings is 2. The molecule has 0 unspecified atom stereocenters. The lowest BCUT2D eigenvalue weighted by molar-refractivity contribution is 0.0951. The van der Waals surface area contributed by atoms with Gasteiger partial charge in [-0.25, -0.2) is 4.79 Å². The van der Waals surface area contributed by atoms with Crippen LogP contribution in [0.1, 0.15) is 66.6 Å². The minimum atomic E-state index is -0.281. The van der Waals surface area contributed by atoms with Gasteiger partial charge < -0.3 is 16.0 Å². The zero-order chi connectivity index (χ0) is 22.9. The first-order valence-corrected chi connectivity index (χ1v) is 11.7. The molecule has 1 aliphatic carbocycles. The van der Waals surface area contributed by atoms with E-state index in [-0.39, 0.29) is 11.9 Å². The molecule has 3 rings (SSSR count). The van der Waals surface area contributed by atoms with Crippen LogP contribution in [-0.4, -0.2) is 36.0 Å². The Kier molecular flexibility index (Phi) is 8.68. The van der Waals surface area contributed by atoms with Gasteiger partial charge in [0.25, 0.3) is 5.91 Å². The molecule has 1 saturated carbocycles. The fourth-order valence-electron chi connectivity index (χ4n) is 3.57. The molecule has 0 spiro atoms. The summed E-state index contributed by atoms with van der Waals surface area (Å²) in [6, 6.07) is 13.8. The first-order valence-electron chi connectivity index (χ1n) is 11.7. The highest BCUT2D eigenvalue weighted by Gasteiger charge is 2.24. The Morgan fingerprint density at radius 1 is 1.06 bits per heavy atom. The highest BCUT2D eigenvalue weighted by molar-refractivity contribution is 5.97. The standard InChI is InChI=1S/C26H36N4O2/c1-4-6-14-30(5-2)18-21-9-7-8-20(15-21)17-27-26(32)29-24-16-22(11-10-19(24)3)25(31)28-23-12-13-23/h7-11,15-16,23H,4-6,12-14,17-18H2,1-3H3,(H,28,31)(H2,27,29,32). The molecule has 1 fully saturated rings. The topological polar surface area (TPSA) is 73.5 Å². The lowest BCUT2D eigenvalue weighted by Crippen LogP contribution is -2.29. The summed E-state index contributed by atoms with van der Waals surface area (Å²) in [5.41, 5.74) is 4.45. The Labute approximate surface area is 191 Å². The predicted octanol–water partition coefficient (Wildman–Crippen LogP) is 4.83. The van der Waals surface area contributed by atoms with Crippen molar-refractivity contribution in [1.82, 2.24) is 15.5 Å². The molecule has 1 aliphatic rings. The highest BCUT2D eigenvalue weighted by Crippen LogP contribution is 2.21. The second-order valence-corrected chi connectivity index (χ2v) is 8.63. The van der Waals surface area contributed by atoms with Gasteiger partial charge in [-0.1, -0.05) is 50.6 Å². The number of hydrogen-bond donors (Lipinski definition) is 3. The van der Waals surface area contributed by atoms with E-state index in [4.69, 9.17) is 0 Å². The van der Waals surface area contributed by atoms with E-state index in [2.05, 4.69) is 46.8 Å². The molecule has 0 aromatic heterocycles. The van der Waals surface area contributed by atoms with E-state index in [1.54, 1.807) is 12.1 Å². The number of urea groups is 1. The summed E-state index contributed by atoms with van der Waals surface area (Å²) in [5.74, 6) is -0.0900. The molecule has 0 saturated heterocycles. The fraction of sp³-hybridized carbons (Fsp3) is 0.462. The molecule has 32 heavy (non-hydrogen) atoms. The van der Waals surface area contributed by atoms with Crippen molar-refractivity contribution in [2.45, 2.75) is 65.6 Å². The summed E-state index contributed by atoms with van der Waals surface area (Å²) in [5, 5.41) is 8.80. The zero-order valence-electron chi connectivity index (χ0n) is 19.5.